The number of phenols is 1. The van der Waals surface area contributed by atoms with Gasteiger partial charge in [-0.1, -0.05) is 32.9 Å². The average Bonchev–Trinajstić information content (AvgIpc) is 3.35. The number of Topliss-reactive ketones (excluding diaryl/α,β-unsaturated/α-hetero) is 1. The molecule has 2 aliphatic rings. The number of carbonyl (C=O) groups excluding carboxylic acids is 2. The van der Waals surface area contributed by atoms with E-state index in [4.69, 9.17) is 0 Å². The molecule has 2 heterocycles. The molecule has 162 valence electrons. The fourth-order valence-corrected chi connectivity index (χ4v) is 4.28. The van der Waals surface area contributed by atoms with E-state index in [1.165, 1.54) is 29.9 Å². The van der Waals surface area contributed by atoms with Gasteiger partial charge in [-0.3, -0.25) is 14.5 Å². The summed E-state index contributed by atoms with van der Waals surface area (Å²) in [6, 6.07) is 13.3. The van der Waals surface area contributed by atoms with Crippen molar-refractivity contribution in [3.63, 3.8) is 0 Å². The van der Waals surface area contributed by atoms with Crippen LogP contribution in [0.4, 0.5) is 11.4 Å². The fraction of sp³-hybridized carbons (Fsp3) is 0.360. The van der Waals surface area contributed by atoms with Crippen molar-refractivity contribution in [1.29, 1.82) is 0 Å². The Morgan fingerprint density at radius 2 is 1.45 bits per heavy atom. The van der Waals surface area contributed by atoms with Crippen LogP contribution in [0.2, 0.25) is 0 Å². The second-order valence-corrected chi connectivity index (χ2v) is 9.22. The first-order valence-corrected chi connectivity index (χ1v) is 10.6. The Kier molecular flexibility index (Phi) is 5.25. The van der Waals surface area contributed by atoms with Crippen LogP contribution in [0.5, 0.6) is 5.75 Å². The van der Waals surface area contributed by atoms with Crippen LogP contribution in [0.25, 0.3) is 0 Å². The van der Waals surface area contributed by atoms with Gasteiger partial charge in [-0.15, -0.1) is 0 Å². The van der Waals surface area contributed by atoms with Crippen LogP contribution in [0.15, 0.2) is 59.9 Å². The zero-order chi connectivity index (χ0) is 22.3. The van der Waals surface area contributed by atoms with Gasteiger partial charge in [0.05, 0.1) is 11.6 Å². The van der Waals surface area contributed by atoms with Gasteiger partial charge >= 0.3 is 0 Å². The Morgan fingerprint density at radius 1 is 0.903 bits per heavy atom. The predicted molar refractivity (Wildman–Crippen MR) is 120 cm³/mol. The Labute approximate surface area is 182 Å². The van der Waals surface area contributed by atoms with E-state index in [9.17, 15) is 19.8 Å². The molecule has 0 aliphatic carbocycles. The third-order valence-electron chi connectivity index (χ3n) is 5.94. The molecule has 4 rings (SSSR count). The molecule has 1 fully saturated rings. The number of rotatable bonds is 4. The van der Waals surface area contributed by atoms with Crippen molar-refractivity contribution < 1.29 is 19.8 Å². The molecule has 1 unspecified atom stereocenters. The Balaban J connectivity index is 1.78. The number of aliphatic hydroxyl groups excluding tert-OH is 1. The van der Waals surface area contributed by atoms with Crippen LogP contribution in [0.3, 0.4) is 0 Å². The number of hydrogen-bond acceptors (Lipinski definition) is 5. The van der Waals surface area contributed by atoms with Crippen LogP contribution >= 0.6 is 0 Å². The lowest BCUT2D eigenvalue weighted by Crippen LogP contribution is -2.32. The lowest BCUT2D eigenvalue weighted by atomic mass is 9.82. The molecule has 0 aromatic heterocycles. The Hall–Kier alpha value is -3.28. The fourth-order valence-electron chi connectivity index (χ4n) is 4.28. The number of benzene rings is 2. The number of phenolic OH excluding ortho intramolecular Hbond substituents is 1. The molecule has 31 heavy (non-hydrogen) atoms. The summed E-state index contributed by atoms with van der Waals surface area (Å²) in [4.78, 5) is 30.1. The number of aliphatic hydroxyl groups is 1. The van der Waals surface area contributed by atoms with Crippen molar-refractivity contribution >= 4 is 23.1 Å². The maximum Gasteiger partial charge on any atom is 0.294 e. The quantitative estimate of drug-likeness (QED) is 0.761. The van der Waals surface area contributed by atoms with E-state index in [-0.39, 0.29) is 17.1 Å². The van der Waals surface area contributed by atoms with Crippen molar-refractivity contribution in [1.82, 2.24) is 0 Å². The van der Waals surface area contributed by atoms with Gasteiger partial charge in [-0.25, -0.2) is 0 Å². The molecule has 6 heteroatoms. The predicted octanol–water partition coefficient (Wildman–Crippen LogP) is 4.51. The minimum Gasteiger partial charge on any atom is -0.508 e. The lowest BCUT2D eigenvalue weighted by molar-refractivity contribution is -0.123. The molecule has 1 atom stereocenters. The highest BCUT2D eigenvalue weighted by Gasteiger charge is 2.46. The van der Waals surface area contributed by atoms with Crippen LogP contribution in [0.1, 0.15) is 45.2 Å². The van der Waals surface area contributed by atoms with Gasteiger partial charge in [0.15, 0.2) is 11.5 Å². The van der Waals surface area contributed by atoms with E-state index in [1.54, 1.807) is 32.9 Å². The lowest BCUT2D eigenvalue weighted by Gasteiger charge is -2.29. The first-order valence-electron chi connectivity index (χ1n) is 10.6. The van der Waals surface area contributed by atoms with Gasteiger partial charge < -0.3 is 15.1 Å². The molecule has 6 nitrogen and oxygen atoms in total. The second-order valence-electron chi connectivity index (χ2n) is 9.22. The summed E-state index contributed by atoms with van der Waals surface area (Å²) in [7, 11) is 0. The monoisotopic (exact) mass is 420 g/mol. The SMILES string of the molecule is CC(C)(C)C(=O)C1=C(O)C(=O)N(c2ccc(N3CCCC3)cc2)C1c1ccc(O)cc1. The van der Waals surface area contributed by atoms with Gasteiger partial charge in [0.2, 0.25) is 0 Å². The summed E-state index contributed by atoms with van der Waals surface area (Å²) < 4.78 is 0. The largest absolute Gasteiger partial charge is 0.508 e. The molecule has 2 aromatic carbocycles. The van der Waals surface area contributed by atoms with Crippen molar-refractivity contribution in [2.45, 2.75) is 39.7 Å². The van der Waals surface area contributed by atoms with E-state index >= 15 is 0 Å². The van der Waals surface area contributed by atoms with E-state index in [0.717, 1.165) is 18.8 Å². The number of hydrogen-bond donors (Lipinski definition) is 2. The summed E-state index contributed by atoms with van der Waals surface area (Å²) in [6.07, 6.45) is 2.34. The van der Waals surface area contributed by atoms with Crippen molar-refractivity contribution in [3.8, 4) is 5.75 Å². The third-order valence-corrected chi connectivity index (χ3v) is 5.94. The molecule has 1 amide bonds. The van der Waals surface area contributed by atoms with Crippen molar-refractivity contribution in [2.75, 3.05) is 22.9 Å². The highest BCUT2D eigenvalue weighted by Crippen LogP contribution is 2.44. The molecule has 0 saturated carbocycles. The maximum atomic E-state index is 13.2. The van der Waals surface area contributed by atoms with Crippen LogP contribution in [-0.4, -0.2) is 35.0 Å². The normalized spacial score (nSPS) is 19.5. The van der Waals surface area contributed by atoms with Gasteiger partial charge in [-0.05, 0) is 54.8 Å². The Bertz CT molecular complexity index is 1030. The van der Waals surface area contributed by atoms with Gasteiger partial charge in [0.1, 0.15) is 5.75 Å². The number of aromatic hydroxyl groups is 1. The van der Waals surface area contributed by atoms with Crippen molar-refractivity contribution in [2.24, 2.45) is 5.41 Å². The summed E-state index contributed by atoms with van der Waals surface area (Å²) in [6.45, 7) is 7.33. The zero-order valence-corrected chi connectivity index (χ0v) is 18.1. The highest BCUT2D eigenvalue weighted by atomic mass is 16.3. The van der Waals surface area contributed by atoms with Crippen LogP contribution in [-0.2, 0) is 9.59 Å². The van der Waals surface area contributed by atoms with Crippen LogP contribution in [0, 0.1) is 5.41 Å². The first kappa shape index (κ1) is 21.0. The molecule has 2 aromatic rings. The molecule has 1 saturated heterocycles. The molecule has 0 spiro atoms. The summed E-state index contributed by atoms with van der Waals surface area (Å²) >= 11 is 0. The number of anilines is 2. The summed E-state index contributed by atoms with van der Waals surface area (Å²) in [5.41, 5.74) is 1.67. The average molecular weight is 421 g/mol. The minimum atomic E-state index is -0.769. The van der Waals surface area contributed by atoms with Gasteiger partial charge in [-0.2, -0.15) is 0 Å². The molecular formula is C25H28N2O4. The summed E-state index contributed by atoms with van der Waals surface area (Å²) in [5.74, 6) is -1.31. The molecule has 2 aliphatic heterocycles. The molecule has 0 bridgehead atoms. The molecule has 0 radical (unpaired) electrons. The van der Waals surface area contributed by atoms with Crippen molar-refractivity contribution in [3.05, 3.63) is 65.4 Å². The molecule has 2 N–H and O–H groups in total. The highest BCUT2D eigenvalue weighted by molar-refractivity contribution is 6.17. The van der Waals surface area contributed by atoms with Crippen LogP contribution < -0.4 is 9.80 Å². The van der Waals surface area contributed by atoms with E-state index in [2.05, 4.69) is 4.90 Å². The summed E-state index contributed by atoms with van der Waals surface area (Å²) in [5, 5.41) is 20.5. The van der Waals surface area contributed by atoms with E-state index in [0.29, 0.717) is 11.3 Å². The van der Waals surface area contributed by atoms with Gasteiger partial charge in [0.25, 0.3) is 5.91 Å². The number of nitrogens with zero attached hydrogens (tertiary/aromatic N) is 2. The first-order chi connectivity index (χ1) is 14.7. The third kappa shape index (κ3) is 3.78. The Morgan fingerprint density at radius 3 is 2.00 bits per heavy atom. The molecular weight excluding hydrogens is 392 g/mol. The smallest absolute Gasteiger partial charge is 0.294 e. The van der Waals surface area contributed by atoms with E-state index < -0.39 is 23.1 Å². The van der Waals surface area contributed by atoms with Gasteiger partial charge in [0, 0.05) is 29.9 Å². The number of ketones is 1. The number of carbonyl (C=O) groups is 2. The minimum absolute atomic E-state index is 0.0893. The number of amides is 1. The standard InChI is InChI=1S/C25H28N2O4/c1-25(2,3)23(30)20-21(16-6-12-19(28)13-7-16)27(24(31)22(20)29)18-10-8-17(9-11-18)26-14-4-5-15-26/h6-13,21,28-29H,4-5,14-15H2,1-3H3. The second kappa shape index (κ2) is 7.76. The maximum absolute atomic E-state index is 13.2. The van der Waals surface area contributed by atoms with E-state index in [1.807, 2.05) is 24.3 Å². The topological polar surface area (TPSA) is 81.1 Å². The zero-order valence-electron chi connectivity index (χ0n) is 18.1.